The molecule has 0 bridgehead atoms. The highest BCUT2D eigenvalue weighted by molar-refractivity contribution is 5.39. The van der Waals surface area contributed by atoms with Crippen LogP contribution in [-0.2, 0) is 4.74 Å². The topological polar surface area (TPSA) is 44.5 Å². The summed E-state index contributed by atoms with van der Waals surface area (Å²) in [5, 5.41) is 0. The van der Waals surface area contributed by atoms with E-state index in [1.165, 1.54) is 12.0 Å². The standard InChI is InChI=1S/C17H23NO2/c18-12-7-9-17(10-8-12)14-5-3-11-19-16(14)13-4-1-2-6-15(13)20-17/h1-2,4,6,12,14,16H,3,5,7-11,18H2/t12?,14-,16+,17?/m1/s1. The normalized spacial score (nSPS) is 39.8. The van der Waals surface area contributed by atoms with Crippen LogP contribution in [0.25, 0.3) is 0 Å². The molecule has 0 radical (unpaired) electrons. The molecule has 2 fully saturated rings. The van der Waals surface area contributed by atoms with Crippen molar-refractivity contribution in [3.63, 3.8) is 0 Å². The number of para-hydroxylation sites is 1. The lowest BCUT2D eigenvalue weighted by Gasteiger charge is -2.52. The maximum Gasteiger partial charge on any atom is 0.125 e. The summed E-state index contributed by atoms with van der Waals surface area (Å²) in [6, 6.07) is 8.76. The van der Waals surface area contributed by atoms with Gasteiger partial charge < -0.3 is 15.2 Å². The Bertz CT molecular complexity index is 494. The second-order valence-corrected chi connectivity index (χ2v) is 6.58. The molecule has 3 nitrogen and oxygen atoms in total. The quantitative estimate of drug-likeness (QED) is 0.789. The van der Waals surface area contributed by atoms with E-state index >= 15 is 0 Å². The lowest BCUT2D eigenvalue weighted by Crippen LogP contribution is -2.54. The lowest BCUT2D eigenvalue weighted by molar-refractivity contribution is -0.144. The van der Waals surface area contributed by atoms with E-state index in [0.717, 1.165) is 44.5 Å². The monoisotopic (exact) mass is 273 g/mol. The number of fused-ring (bicyclic) bond motifs is 4. The SMILES string of the molecule is NC1CCC2(CC1)Oc1ccccc1[C@@H]1OCCC[C@H]12. The van der Waals surface area contributed by atoms with Crippen molar-refractivity contribution in [2.45, 2.75) is 56.3 Å². The highest BCUT2D eigenvalue weighted by Gasteiger charge is 2.52. The molecule has 2 aliphatic heterocycles. The summed E-state index contributed by atoms with van der Waals surface area (Å²) >= 11 is 0. The van der Waals surface area contributed by atoms with Crippen LogP contribution < -0.4 is 10.5 Å². The van der Waals surface area contributed by atoms with Gasteiger partial charge in [0.15, 0.2) is 0 Å². The van der Waals surface area contributed by atoms with E-state index in [-0.39, 0.29) is 11.7 Å². The molecular weight excluding hydrogens is 250 g/mol. The largest absolute Gasteiger partial charge is 0.486 e. The zero-order valence-corrected chi connectivity index (χ0v) is 11.9. The molecule has 20 heavy (non-hydrogen) atoms. The number of benzene rings is 1. The Kier molecular flexibility index (Phi) is 3.00. The van der Waals surface area contributed by atoms with Crippen LogP contribution in [-0.4, -0.2) is 18.2 Å². The van der Waals surface area contributed by atoms with Crippen LogP contribution >= 0.6 is 0 Å². The van der Waals surface area contributed by atoms with E-state index in [1.807, 2.05) is 0 Å². The maximum absolute atomic E-state index is 6.54. The van der Waals surface area contributed by atoms with Crippen molar-refractivity contribution in [2.75, 3.05) is 6.61 Å². The third-order valence-corrected chi connectivity index (χ3v) is 5.41. The van der Waals surface area contributed by atoms with Crippen LogP contribution in [0.3, 0.4) is 0 Å². The van der Waals surface area contributed by atoms with Crippen molar-refractivity contribution in [2.24, 2.45) is 11.7 Å². The molecule has 2 heterocycles. The lowest BCUT2D eigenvalue weighted by atomic mass is 9.67. The number of ether oxygens (including phenoxy) is 2. The van der Waals surface area contributed by atoms with Crippen LogP contribution in [0.1, 0.15) is 50.2 Å². The molecule has 1 saturated carbocycles. The third-order valence-electron chi connectivity index (χ3n) is 5.41. The van der Waals surface area contributed by atoms with Gasteiger partial charge in [0.05, 0.1) is 6.10 Å². The average molecular weight is 273 g/mol. The van der Waals surface area contributed by atoms with Gasteiger partial charge in [0.1, 0.15) is 11.4 Å². The Labute approximate surface area is 120 Å². The van der Waals surface area contributed by atoms with Gasteiger partial charge in [-0.15, -0.1) is 0 Å². The minimum Gasteiger partial charge on any atom is -0.486 e. The van der Waals surface area contributed by atoms with E-state index in [0.29, 0.717) is 12.0 Å². The fourth-order valence-electron chi connectivity index (χ4n) is 4.33. The van der Waals surface area contributed by atoms with Crippen molar-refractivity contribution >= 4 is 0 Å². The molecule has 1 aliphatic carbocycles. The van der Waals surface area contributed by atoms with Gasteiger partial charge in [-0.25, -0.2) is 0 Å². The summed E-state index contributed by atoms with van der Waals surface area (Å²) in [6.45, 7) is 0.880. The number of rotatable bonds is 0. The van der Waals surface area contributed by atoms with Crippen LogP contribution in [0, 0.1) is 5.92 Å². The van der Waals surface area contributed by atoms with E-state index in [4.69, 9.17) is 15.2 Å². The second kappa shape index (κ2) is 4.74. The van der Waals surface area contributed by atoms with Gasteiger partial charge in [-0.05, 0) is 44.6 Å². The molecule has 1 aromatic rings. The molecular formula is C17H23NO2. The van der Waals surface area contributed by atoms with Crippen LogP contribution in [0.4, 0.5) is 0 Å². The smallest absolute Gasteiger partial charge is 0.125 e. The van der Waals surface area contributed by atoms with Crippen molar-refractivity contribution < 1.29 is 9.47 Å². The molecule has 0 aromatic heterocycles. The molecule has 3 aliphatic rings. The first kappa shape index (κ1) is 12.7. The van der Waals surface area contributed by atoms with E-state index < -0.39 is 0 Å². The Morgan fingerprint density at radius 2 is 1.90 bits per heavy atom. The molecule has 1 spiro atoms. The summed E-state index contributed by atoms with van der Waals surface area (Å²) < 4.78 is 12.7. The van der Waals surface area contributed by atoms with Crippen molar-refractivity contribution in [1.29, 1.82) is 0 Å². The third kappa shape index (κ3) is 1.87. The van der Waals surface area contributed by atoms with Gasteiger partial charge in [0.2, 0.25) is 0 Å². The number of hydrogen-bond donors (Lipinski definition) is 1. The first-order valence-electron chi connectivity index (χ1n) is 7.94. The molecule has 3 heteroatoms. The second-order valence-electron chi connectivity index (χ2n) is 6.58. The van der Waals surface area contributed by atoms with E-state index in [9.17, 15) is 0 Å². The Morgan fingerprint density at radius 3 is 2.75 bits per heavy atom. The first-order chi connectivity index (χ1) is 9.78. The van der Waals surface area contributed by atoms with Gasteiger partial charge in [0, 0.05) is 24.1 Å². The Balaban J connectivity index is 1.74. The fourth-order valence-corrected chi connectivity index (χ4v) is 4.33. The highest BCUT2D eigenvalue weighted by atomic mass is 16.5. The molecule has 0 unspecified atom stereocenters. The highest BCUT2D eigenvalue weighted by Crippen LogP contribution is 2.53. The van der Waals surface area contributed by atoms with Crippen LogP contribution in [0.5, 0.6) is 5.75 Å². The summed E-state index contributed by atoms with van der Waals surface area (Å²) in [5.41, 5.74) is 7.32. The number of hydrogen-bond acceptors (Lipinski definition) is 3. The molecule has 2 N–H and O–H groups in total. The van der Waals surface area contributed by atoms with E-state index in [2.05, 4.69) is 24.3 Å². The molecule has 1 aromatic carbocycles. The van der Waals surface area contributed by atoms with Crippen molar-refractivity contribution in [3.8, 4) is 5.75 Å². The summed E-state index contributed by atoms with van der Waals surface area (Å²) in [4.78, 5) is 0. The minimum atomic E-state index is -0.0324. The van der Waals surface area contributed by atoms with Crippen molar-refractivity contribution in [3.05, 3.63) is 29.8 Å². The Morgan fingerprint density at radius 1 is 1.10 bits per heavy atom. The predicted octanol–water partition coefficient (Wildman–Crippen LogP) is 3.19. The van der Waals surface area contributed by atoms with Gasteiger partial charge in [-0.1, -0.05) is 18.2 Å². The summed E-state index contributed by atoms with van der Waals surface area (Å²) in [5.74, 6) is 1.53. The van der Waals surface area contributed by atoms with Gasteiger partial charge in [-0.2, -0.15) is 0 Å². The zero-order valence-electron chi connectivity index (χ0n) is 11.9. The molecule has 4 rings (SSSR count). The van der Waals surface area contributed by atoms with Crippen LogP contribution in [0.15, 0.2) is 24.3 Å². The Hall–Kier alpha value is -1.06. The number of nitrogens with two attached hydrogens (primary N) is 1. The van der Waals surface area contributed by atoms with Gasteiger partial charge in [0.25, 0.3) is 0 Å². The van der Waals surface area contributed by atoms with Gasteiger partial charge >= 0.3 is 0 Å². The summed E-state index contributed by atoms with van der Waals surface area (Å²) in [7, 11) is 0. The maximum atomic E-state index is 6.54. The minimum absolute atomic E-state index is 0.0324. The van der Waals surface area contributed by atoms with Gasteiger partial charge in [-0.3, -0.25) is 0 Å². The average Bonchev–Trinajstić information content (AvgIpc) is 2.51. The predicted molar refractivity (Wildman–Crippen MR) is 77.7 cm³/mol. The first-order valence-corrected chi connectivity index (χ1v) is 7.94. The molecule has 1 saturated heterocycles. The summed E-state index contributed by atoms with van der Waals surface area (Å²) in [6.07, 6.45) is 6.90. The molecule has 2 atom stereocenters. The fraction of sp³-hybridized carbons (Fsp3) is 0.647. The van der Waals surface area contributed by atoms with Crippen LogP contribution in [0.2, 0.25) is 0 Å². The molecule has 0 amide bonds. The van der Waals surface area contributed by atoms with E-state index in [1.54, 1.807) is 0 Å². The zero-order chi connectivity index (χ0) is 13.6. The van der Waals surface area contributed by atoms with Crippen molar-refractivity contribution in [1.82, 2.24) is 0 Å². The molecule has 108 valence electrons.